The Morgan fingerprint density at radius 1 is 1.37 bits per heavy atom. The summed E-state index contributed by atoms with van der Waals surface area (Å²) >= 11 is 0. The van der Waals surface area contributed by atoms with Crippen LogP contribution in [0.2, 0.25) is 0 Å². The van der Waals surface area contributed by atoms with Crippen molar-refractivity contribution >= 4 is 16.6 Å². The van der Waals surface area contributed by atoms with E-state index < -0.39 is 6.61 Å². The normalized spacial score (nSPS) is 14.9. The molecule has 2 aromatic rings. The maximum absolute atomic E-state index is 12.4. The number of nitrogens with one attached hydrogen (secondary N) is 1. The highest BCUT2D eigenvalue weighted by Gasteiger charge is 2.26. The minimum Gasteiger partial charge on any atom is -0.432 e. The molecule has 100 valence electrons. The largest absolute Gasteiger partial charge is 0.432 e. The van der Waals surface area contributed by atoms with Gasteiger partial charge in [0.1, 0.15) is 5.52 Å². The first-order valence-electron chi connectivity index (χ1n) is 6.25. The fourth-order valence-corrected chi connectivity index (χ4v) is 2.23. The van der Waals surface area contributed by atoms with E-state index in [1.54, 1.807) is 6.07 Å². The minimum absolute atomic E-state index is 0.131. The Morgan fingerprint density at radius 3 is 2.79 bits per heavy atom. The second kappa shape index (κ2) is 4.64. The van der Waals surface area contributed by atoms with Crippen LogP contribution in [0.25, 0.3) is 10.9 Å². The van der Waals surface area contributed by atoms with Gasteiger partial charge in [0.15, 0.2) is 5.75 Å². The number of halogens is 2. The van der Waals surface area contributed by atoms with Crippen molar-refractivity contribution in [3.8, 4) is 5.75 Å². The van der Waals surface area contributed by atoms with Gasteiger partial charge in [0, 0.05) is 29.7 Å². The molecule has 1 N–H and O–H groups in total. The van der Waals surface area contributed by atoms with Gasteiger partial charge < -0.3 is 10.1 Å². The Morgan fingerprint density at radius 2 is 2.16 bits per heavy atom. The third kappa shape index (κ3) is 2.32. The highest BCUT2D eigenvalue weighted by Crippen LogP contribution is 2.42. The van der Waals surface area contributed by atoms with Gasteiger partial charge >= 0.3 is 6.61 Å². The summed E-state index contributed by atoms with van der Waals surface area (Å²) in [4.78, 5) is 4.50. The Labute approximate surface area is 109 Å². The summed E-state index contributed by atoms with van der Waals surface area (Å²) in [5.74, 6) is 0.586. The van der Waals surface area contributed by atoms with Crippen molar-refractivity contribution in [1.82, 2.24) is 4.98 Å². The zero-order valence-electron chi connectivity index (χ0n) is 10.5. The smallest absolute Gasteiger partial charge is 0.387 e. The maximum Gasteiger partial charge on any atom is 0.387 e. The second-order valence-corrected chi connectivity index (χ2v) is 4.65. The molecule has 0 aliphatic heterocycles. The van der Waals surface area contributed by atoms with Crippen molar-refractivity contribution < 1.29 is 13.5 Å². The average Bonchev–Trinajstić information content (AvgIpc) is 3.21. The maximum atomic E-state index is 12.4. The Bertz CT molecular complexity index is 612. The minimum atomic E-state index is -2.84. The third-order valence-electron chi connectivity index (χ3n) is 3.30. The summed E-state index contributed by atoms with van der Waals surface area (Å²) in [5.41, 5.74) is 2.34. The number of ether oxygens (including phenoxy) is 1. The molecular weight excluding hydrogens is 250 g/mol. The van der Waals surface area contributed by atoms with Crippen molar-refractivity contribution in [2.24, 2.45) is 0 Å². The summed E-state index contributed by atoms with van der Waals surface area (Å²) < 4.78 is 29.4. The first kappa shape index (κ1) is 12.1. The molecule has 0 atom stereocenters. The van der Waals surface area contributed by atoms with Crippen LogP contribution in [0.4, 0.5) is 14.5 Å². The van der Waals surface area contributed by atoms with Crippen molar-refractivity contribution in [2.45, 2.75) is 25.4 Å². The quantitative estimate of drug-likeness (QED) is 0.913. The number of nitrogens with zero attached hydrogens (tertiary/aromatic N) is 1. The zero-order chi connectivity index (χ0) is 13.4. The molecular formula is C14H14F2N2O. The Kier molecular flexibility index (Phi) is 2.97. The van der Waals surface area contributed by atoms with E-state index >= 15 is 0 Å². The molecule has 0 spiro atoms. The third-order valence-corrected chi connectivity index (χ3v) is 3.30. The topological polar surface area (TPSA) is 34.2 Å². The first-order chi connectivity index (χ1) is 9.19. The fraction of sp³-hybridized carbons (Fsp3) is 0.357. The van der Waals surface area contributed by atoms with Crippen molar-refractivity contribution in [1.29, 1.82) is 0 Å². The molecule has 1 heterocycles. The van der Waals surface area contributed by atoms with Crippen LogP contribution in [0, 0.1) is 0 Å². The van der Waals surface area contributed by atoms with Crippen LogP contribution in [-0.4, -0.2) is 18.6 Å². The summed E-state index contributed by atoms with van der Waals surface area (Å²) in [6.45, 7) is -2.84. The van der Waals surface area contributed by atoms with E-state index in [9.17, 15) is 8.78 Å². The molecule has 0 unspecified atom stereocenters. The number of pyridine rings is 1. The lowest BCUT2D eigenvalue weighted by Gasteiger charge is -2.12. The predicted octanol–water partition coefficient (Wildman–Crippen LogP) is 3.76. The molecule has 1 aromatic carbocycles. The van der Waals surface area contributed by atoms with Gasteiger partial charge in [-0.2, -0.15) is 8.78 Å². The molecule has 1 fully saturated rings. The van der Waals surface area contributed by atoms with Gasteiger partial charge in [-0.25, -0.2) is 4.98 Å². The van der Waals surface area contributed by atoms with E-state index in [1.165, 1.54) is 6.07 Å². The Balaban J connectivity index is 2.18. The number of rotatable bonds is 4. The van der Waals surface area contributed by atoms with Crippen molar-refractivity contribution in [2.75, 3.05) is 12.4 Å². The number of alkyl halides is 2. The van der Waals surface area contributed by atoms with Crippen LogP contribution in [0.3, 0.4) is 0 Å². The van der Waals surface area contributed by atoms with Crippen LogP contribution >= 0.6 is 0 Å². The molecule has 1 saturated carbocycles. The molecule has 0 saturated heterocycles. The van der Waals surface area contributed by atoms with Crippen LogP contribution in [0.15, 0.2) is 24.3 Å². The molecule has 5 heteroatoms. The number of benzene rings is 1. The summed E-state index contributed by atoms with van der Waals surface area (Å²) in [5, 5.41) is 3.89. The fourth-order valence-electron chi connectivity index (χ4n) is 2.23. The van der Waals surface area contributed by atoms with Gasteiger partial charge in [-0.1, -0.05) is 12.1 Å². The van der Waals surface area contributed by atoms with E-state index in [4.69, 9.17) is 0 Å². The molecule has 0 bridgehead atoms. The van der Waals surface area contributed by atoms with Crippen LogP contribution in [-0.2, 0) is 0 Å². The number of hydrogen-bond acceptors (Lipinski definition) is 3. The lowest BCUT2D eigenvalue weighted by molar-refractivity contribution is -0.0489. The van der Waals surface area contributed by atoms with Gasteiger partial charge in [0.2, 0.25) is 0 Å². The van der Waals surface area contributed by atoms with Crippen molar-refractivity contribution in [3.63, 3.8) is 0 Å². The van der Waals surface area contributed by atoms with Crippen LogP contribution < -0.4 is 10.1 Å². The number of aromatic nitrogens is 1. The van der Waals surface area contributed by atoms with E-state index in [2.05, 4.69) is 15.0 Å². The monoisotopic (exact) mass is 264 g/mol. The van der Waals surface area contributed by atoms with Gasteiger partial charge in [-0.05, 0) is 25.0 Å². The Hall–Kier alpha value is -1.91. The summed E-state index contributed by atoms with van der Waals surface area (Å²) in [6.07, 6.45) is 2.22. The van der Waals surface area contributed by atoms with Gasteiger partial charge in [0.05, 0.1) is 0 Å². The average molecular weight is 264 g/mol. The highest BCUT2D eigenvalue weighted by atomic mass is 19.3. The number of para-hydroxylation sites is 1. The summed E-state index contributed by atoms with van der Waals surface area (Å²) in [6, 6.07) is 7.06. The first-order valence-corrected chi connectivity index (χ1v) is 6.25. The predicted molar refractivity (Wildman–Crippen MR) is 69.9 cm³/mol. The van der Waals surface area contributed by atoms with Gasteiger partial charge in [-0.3, -0.25) is 0 Å². The van der Waals surface area contributed by atoms with Gasteiger partial charge in [0.25, 0.3) is 0 Å². The molecule has 3 nitrogen and oxygen atoms in total. The molecule has 1 aromatic heterocycles. The van der Waals surface area contributed by atoms with Crippen LogP contribution in [0.5, 0.6) is 5.75 Å². The number of hydrogen-bond donors (Lipinski definition) is 1. The second-order valence-electron chi connectivity index (χ2n) is 4.65. The zero-order valence-corrected chi connectivity index (χ0v) is 10.5. The van der Waals surface area contributed by atoms with E-state index in [0.29, 0.717) is 11.4 Å². The molecule has 19 heavy (non-hydrogen) atoms. The molecule has 0 amide bonds. The number of fused-ring (bicyclic) bond motifs is 1. The van der Waals surface area contributed by atoms with Crippen molar-refractivity contribution in [3.05, 3.63) is 30.0 Å². The van der Waals surface area contributed by atoms with E-state index in [0.717, 1.165) is 29.6 Å². The SMILES string of the molecule is CNc1cc(C2CC2)nc2c(OC(F)F)cccc12. The molecule has 1 aliphatic rings. The molecule has 0 radical (unpaired) electrons. The standard InChI is InChI=1S/C14H14F2N2O/c1-17-11-7-10(8-5-6-8)18-13-9(11)3-2-4-12(13)19-14(15)16/h2-4,7-8,14H,5-6H2,1H3,(H,17,18). The van der Waals surface area contributed by atoms with Gasteiger partial charge in [-0.15, -0.1) is 0 Å². The van der Waals surface area contributed by atoms with Crippen LogP contribution in [0.1, 0.15) is 24.5 Å². The van der Waals surface area contributed by atoms with E-state index in [-0.39, 0.29) is 5.75 Å². The summed E-state index contributed by atoms with van der Waals surface area (Å²) in [7, 11) is 1.81. The lowest BCUT2D eigenvalue weighted by Crippen LogP contribution is -2.04. The van der Waals surface area contributed by atoms with E-state index in [1.807, 2.05) is 19.2 Å². The lowest BCUT2D eigenvalue weighted by atomic mass is 10.1. The highest BCUT2D eigenvalue weighted by molar-refractivity contribution is 5.95. The molecule has 3 rings (SSSR count). The number of anilines is 1. The molecule has 1 aliphatic carbocycles.